The quantitative estimate of drug-likeness (QED) is 0.591. The maximum absolute atomic E-state index is 5.11. The number of H-pyrrole nitrogens is 1. The van der Waals surface area contributed by atoms with Crippen molar-refractivity contribution >= 4 is 5.95 Å². The smallest absolute Gasteiger partial charge is 0.197 e. The van der Waals surface area contributed by atoms with Crippen molar-refractivity contribution < 1.29 is 0 Å². The highest BCUT2D eigenvalue weighted by atomic mass is 15.0. The lowest BCUT2D eigenvalue weighted by atomic mass is 10.7. The predicted octanol–water partition coefficient (Wildman–Crippen LogP) is 0.469. The Kier molecular flexibility index (Phi) is 3.30. The molecule has 0 radical (unpaired) electrons. The standard InChI is InChI=1S/C4H4N2.C3H5N3/c1-2-5-4-6-3-1;4-3-5-1-2-6-3/h1-4H;1-2H,(H3,4,5,6). The number of nitrogen functional groups attached to an aromatic ring is 1. The summed E-state index contributed by atoms with van der Waals surface area (Å²) in [6.45, 7) is 0. The lowest BCUT2D eigenvalue weighted by Gasteiger charge is -1.70. The third-order valence-electron chi connectivity index (χ3n) is 0.997. The maximum Gasteiger partial charge on any atom is 0.197 e. The fourth-order valence-electron chi connectivity index (χ4n) is 0.531. The monoisotopic (exact) mass is 163 g/mol. The third kappa shape index (κ3) is 3.31. The van der Waals surface area contributed by atoms with Gasteiger partial charge in [-0.15, -0.1) is 0 Å². The zero-order chi connectivity index (χ0) is 8.65. The van der Waals surface area contributed by atoms with Gasteiger partial charge in [0.25, 0.3) is 0 Å². The summed E-state index contributed by atoms with van der Waals surface area (Å²) in [6, 6.07) is 1.78. The average Bonchev–Trinajstić information content (AvgIpc) is 2.60. The fraction of sp³-hybridized carbons (Fsp3) is 0. The second-order valence-corrected chi connectivity index (χ2v) is 1.88. The van der Waals surface area contributed by atoms with Gasteiger partial charge in [0.15, 0.2) is 5.95 Å². The number of imidazole rings is 1. The summed E-state index contributed by atoms with van der Waals surface area (Å²) >= 11 is 0. The van der Waals surface area contributed by atoms with E-state index >= 15 is 0 Å². The molecular formula is C7H9N5. The topological polar surface area (TPSA) is 80.5 Å². The lowest BCUT2D eigenvalue weighted by Crippen LogP contribution is -1.83. The molecule has 0 saturated heterocycles. The van der Waals surface area contributed by atoms with Crippen LogP contribution in [0.5, 0.6) is 0 Å². The molecule has 0 aliphatic heterocycles. The van der Waals surface area contributed by atoms with Crippen molar-refractivity contribution in [3.63, 3.8) is 0 Å². The molecule has 2 aromatic heterocycles. The minimum atomic E-state index is 0.468. The van der Waals surface area contributed by atoms with Crippen LogP contribution >= 0.6 is 0 Å². The van der Waals surface area contributed by atoms with Gasteiger partial charge in [-0.1, -0.05) is 0 Å². The second-order valence-electron chi connectivity index (χ2n) is 1.88. The van der Waals surface area contributed by atoms with Gasteiger partial charge in [-0.05, 0) is 6.07 Å². The molecule has 0 fully saturated rings. The van der Waals surface area contributed by atoms with Crippen molar-refractivity contribution in [1.29, 1.82) is 0 Å². The largest absolute Gasteiger partial charge is 0.369 e. The molecular weight excluding hydrogens is 154 g/mol. The Morgan fingerprint density at radius 3 is 2.08 bits per heavy atom. The Balaban J connectivity index is 0.000000120. The van der Waals surface area contributed by atoms with Crippen LogP contribution in [-0.2, 0) is 0 Å². The highest BCUT2D eigenvalue weighted by Crippen LogP contribution is 1.81. The van der Waals surface area contributed by atoms with Crippen LogP contribution in [0, 0.1) is 0 Å². The van der Waals surface area contributed by atoms with E-state index in [-0.39, 0.29) is 0 Å². The van der Waals surface area contributed by atoms with Crippen LogP contribution < -0.4 is 5.73 Å². The number of nitrogens with one attached hydrogen (secondary N) is 1. The fourth-order valence-corrected chi connectivity index (χ4v) is 0.531. The summed E-state index contributed by atoms with van der Waals surface area (Å²) in [7, 11) is 0. The van der Waals surface area contributed by atoms with E-state index in [9.17, 15) is 0 Å². The van der Waals surface area contributed by atoms with Gasteiger partial charge >= 0.3 is 0 Å². The minimum absolute atomic E-state index is 0.468. The van der Waals surface area contributed by atoms with Gasteiger partial charge in [0.1, 0.15) is 6.33 Å². The number of aromatic amines is 1. The summed E-state index contributed by atoms with van der Waals surface area (Å²) in [6.07, 6.45) is 8.16. The normalized spacial score (nSPS) is 8.33. The van der Waals surface area contributed by atoms with Gasteiger partial charge < -0.3 is 10.7 Å². The molecule has 0 amide bonds. The molecule has 2 heterocycles. The number of anilines is 1. The van der Waals surface area contributed by atoms with E-state index in [4.69, 9.17) is 5.73 Å². The van der Waals surface area contributed by atoms with Gasteiger partial charge in [0.2, 0.25) is 0 Å². The Labute approximate surface area is 69.7 Å². The number of hydrogen-bond acceptors (Lipinski definition) is 4. The number of nitrogens with zero attached hydrogens (tertiary/aromatic N) is 3. The second kappa shape index (κ2) is 4.84. The summed E-state index contributed by atoms with van der Waals surface area (Å²) in [5, 5.41) is 0. The van der Waals surface area contributed by atoms with E-state index in [1.54, 1.807) is 30.9 Å². The highest BCUT2D eigenvalue weighted by molar-refractivity contribution is 5.11. The minimum Gasteiger partial charge on any atom is -0.369 e. The zero-order valence-corrected chi connectivity index (χ0v) is 6.38. The Morgan fingerprint density at radius 1 is 1.17 bits per heavy atom. The Hall–Kier alpha value is -1.91. The van der Waals surface area contributed by atoms with Gasteiger partial charge in [-0.2, -0.15) is 0 Å². The highest BCUT2D eigenvalue weighted by Gasteiger charge is 1.74. The van der Waals surface area contributed by atoms with Crippen LogP contribution in [0.4, 0.5) is 5.95 Å². The number of nitrogens with two attached hydrogens (primary N) is 1. The van der Waals surface area contributed by atoms with Crippen molar-refractivity contribution in [3.05, 3.63) is 37.2 Å². The molecule has 62 valence electrons. The van der Waals surface area contributed by atoms with Crippen LogP contribution in [0.3, 0.4) is 0 Å². The molecule has 0 aliphatic carbocycles. The summed E-state index contributed by atoms with van der Waals surface area (Å²) in [5.41, 5.74) is 5.11. The van der Waals surface area contributed by atoms with Gasteiger partial charge in [0.05, 0.1) is 0 Å². The molecule has 2 rings (SSSR count). The van der Waals surface area contributed by atoms with Crippen molar-refractivity contribution in [2.24, 2.45) is 0 Å². The van der Waals surface area contributed by atoms with Crippen molar-refractivity contribution in [2.75, 3.05) is 5.73 Å². The van der Waals surface area contributed by atoms with Crippen LogP contribution in [0.2, 0.25) is 0 Å². The van der Waals surface area contributed by atoms with Crippen LogP contribution in [-0.4, -0.2) is 19.9 Å². The molecule has 12 heavy (non-hydrogen) atoms. The molecule has 5 heteroatoms. The van der Waals surface area contributed by atoms with Gasteiger partial charge in [0, 0.05) is 24.8 Å². The van der Waals surface area contributed by atoms with Gasteiger partial charge in [-0.3, -0.25) is 0 Å². The maximum atomic E-state index is 5.11. The lowest BCUT2D eigenvalue weighted by molar-refractivity contribution is 1.17. The first-order chi connectivity index (χ1) is 5.89. The van der Waals surface area contributed by atoms with Crippen molar-refractivity contribution in [3.8, 4) is 0 Å². The molecule has 0 aliphatic rings. The summed E-state index contributed by atoms with van der Waals surface area (Å²) < 4.78 is 0. The van der Waals surface area contributed by atoms with E-state index in [2.05, 4.69) is 19.9 Å². The summed E-state index contributed by atoms with van der Waals surface area (Å²) in [4.78, 5) is 13.7. The molecule has 0 bridgehead atoms. The molecule has 5 nitrogen and oxygen atoms in total. The van der Waals surface area contributed by atoms with E-state index in [0.717, 1.165) is 0 Å². The van der Waals surface area contributed by atoms with E-state index < -0.39 is 0 Å². The molecule has 2 aromatic rings. The molecule has 0 atom stereocenters. The first-order valence-corrected chi connectivity index (χ1v) is 3.34. The van der Waals surface area contributed by atoms with Crippen LogP contribution in [0.25, 0.3) is 0 Å². The van der Waals surface area contributed by atoms with Crippen molar-refractivity contribution in [1.82, 2.24) is 19.9 Å². The van der Waals surface area contributed by atoms with Crippen molar-refractivity contribution in [2.45, 2.75) is 0 Å². The first-order valence-electron chi connectivity index (χ1n) is 3.34. The third-order valence-corrected chi connectivity index (χ3v) is 0.997. The SMILES string of the molecule is Nc1ncc[nH]1.c1cncnc1. The van der Waals surface area contributed by atoms with Gasteiger partial charge in [-0.25, -0.2) is 15.0 Å². The number of rotatable bonds is 0. The van der Waals surface area contributed by atoms with E-state index in [0.29, 0.717) is 5.95 Å². The Morgan fingerprint density at radius 2 is 1.92 bits per heavy atom. The molecule has 0 unspecified atom stereocenters. The Bertz CT molecular complexity index is 251. The zero-order valence-electron chi connectivity index (χ0n) is 6.38. The van der Waals surface area contributed by atoms with E-state index in [1.165, 1.54) is 6.33 Å². The average molecular weight is 163 g/mol. The number of aromatic nitrogens is 4. The summed E-state index contributed by atoms with van der Waals surface area (Å²) in [5.74, 6) is 0.468. The van der Waals surface area contributed by atoms with Crippen LogP contribution in [0.15, 0.2) is 37.2 Å². The van der Waals surface area contributed by atoms with Crippen LogP contribution in [0.1, 0.15) is 0 Å². The predicted molar refractivity (Wildman–Crippen MR) is 45.0 cm³/mol. The molecule has 0 aromatic carbocycles. The number of hydrogen-bond donors (Lipinski definition) is 2. The molecule has 0 spiro atoms. The first kappa shape index (κ1) is 8.19. The van der Waals surface area contributed by atoms with E-state index in [1.807, 2.05) is 0 Å². The molecule has 3 N–H and O–H groups in total. The molecule has 0 saturated carbocycles.